The number of hydrogen-bond donors (Lipinski definition) is 1. The molecule has 0 fully saturated rings. The van der Waals surface area contributed by atoms with Crippen LogP contribution >= 0.6 is 12.4 Å². The highest BCUT2D eigenvalue weighted by atomic mass is 35.5. The molecule has 0 unspecified atom stereocenters. The molecule has 3 heteroatoms. The number of benzene rings is 1. The Morgan fingerprint density at radius 3 is 3.08 bits per heavy atom. The zero-order valence-corrected chi connectivity index (χ0v) is 7.77. The van der Waals surface area contributed by atoms with Crippen molar-refractivity contribution in [3.63, 3.8) is 0 Å². The van der Waals surface area contributed by atoms with Gasteiger partial charge in [0.2, 0.25) is 0 Å². The summed E-state index contributed by atoms with van der Waals surface area (Å²) >= 11 is 0. The van der Waals surface area contributed by atoms with E-state index < -0.39 is 0 Å². The third-order valence-corrected chi connectivity index (χ3v) is 2.30. The third-order valence-electron chi connectivity index (χ3n) is 2.30. The van der Waals surface area contributed by atoms with Gasteiger partial charge in [0.15, 0.2) is 0 Å². The molecule has 0 saturated heterocycles. The maximum atomic E-state index is 4.42. The number of nitrogens with zero attached hydrogens (tertiary/aromatic N) is 1. The second-order valence-electron chi connectivity index (χ2n) is 2.99. The second-order valence-corrected chi connectivity index (χ2v) is 2.99. The van der Waals surface area contributed by atoms with E-state index in [1.165, 1.54) is 16.1 Å². The fourth-order valence-corrected chi connectivity index (χ4v) is 1.71. The summed E-state index contributed by atoms with van der Waals surface area (Å²) in [6, 6.07) is 6.30. The normalized spacial score (nSPS) is 12.9. The first kappa shape index (κ1) is 8.32. The topological polar surface area (TPSA) is 28.1 Å². The molecule has 0 aliphatic carbocycles. The minimum atomic E-state index is 0. The Morgan fingerprint density at radius 1 is 1.23 bits per heavy atom. The number of aromatic amines is 1. The maximum Gasteiger partial charge on any atom is 0.0741 e. The lowest BCUT2D eigenvalue weighted by Gasteiger charge is -1.87. The molecule has 66 valence electrons. The lowest BCUT2D eigenvalue weighted by molar-refractivity contribution is 1.24. The summed E-state index contributed by atoms with van der Waals surface area (Å²) in [5, 5.41) is 3.65. The molecule has 1 N–H and O–H groups in total. The van der Waals surface area contributed by atoms with Crippen molar-refractivity contribution in [1.29, 1.82) is 0 Å². The van der Waals surface area contributed by atoms with E-state index in [1.54, 1.807) is 0 Å². The van der Waals surface area contributed by atoms with Gasteiger partial charge in [0.1, 0.15) is 0 Å². The van der Waals surface area contributed by atoms with Gasteiger partial charge in [-0.05, 0) is 17.4 Å². The average molecular weight is 193 g/mol. The van der Waals surface area contributed by atoms with E-state index >= 15 is 0 Å². The van der Waals surface area contributed by atoms with Gasteiger partial charge in [0.25, 0.3) is 0 Å². The van der Waals surface area contributed by atoms with Crippen LogP contribution in [0.15, 0.2) is 29.4 Å². The maximum absolute atomic E-state index is 4.42. The molecule has 1 aliphatic rings. The van der Waals surface area contributed by atoms with Crippen molar-refractivity contribution in [2.45, 2.75) is 0 Å². The van der Waals surface area contributed by atoms with E-state index in [0.29, 0.717) is 0 Å². The summed E-state index contributed by atoms with van der Waals surface area (Å²) in [5.41, 5.74) is 1.17. The van der Waals surface area contributed by atoms with E-state index in [0.717, 1.165) is 11.9 Å². The first-order valence-electron chi connectivity index (χ1n) is 4.06. The Labute approximate surface area is 81.4 Å². The summed E-state index contributed by atoms with van der Waals surface area (Å²) in [6.45, 7) is 0.833. The summed E-state index contributed by atoms with van der Waals surface area (Å²) in [6.07, 6.45) is 4.11. The van der Waals surface area contributed by atoms with Gasteiger partial charge >= 0.3 is 0 Å². The highest BCUT2D eigenvalue weighted by Crippen LogP contribution is 2.04. The molecule has 13 heavy (non-hydrogen) atoms. The molecule has 2 heterocycles. The van der Waals surface area contributed by atoms with Gasteiger partial charge in [0.05, 0.1) is 11.9 Å². The van der Waals surface area contributed by atoms with Crippen molar-refractivity contribution in [3.05, 3.63) is 35.0 Å². The lowest BCUT2D eigenvalue weighted by atomic mass is 10.2. The molecular formula is C10H9ClN2. The largest absolute Gasteiger partial charge is 0.361 e. The lowest BCUT2D eigenvalue weighted by Crippen LogP contribution is -2.21. The molecule has 0 amide bonds. The van der Waals surface area contributed by atoms with E-state index in [2.05, 4.69) is 34.3 Å². The van der Waals surface area contributed by atoms with Crippen LogP contribution in [0, 0.1) is 0 Å². The summed E-state index contributed by atoms with van der Waals surface area (Å²) in [7, 11) is 0. The van der Waals surface area contributed by atoms with Gasteiger partial charge in [-0.3, -0.25) is 4.99 Å². The van der Waals surface area contributed by atoms with Crippen LogP contribution in [-0.2, 0) is 0 Å². The minimum absolute atomic E-state index is 0. The number of halogens is 1. The standard InChI is InChI=1S/C10H8N2.ClH/c1-2-9-8(4-6-11-9)10-7(1)3-5-12-10;/h1-4,6,11H,5H2;1H. The van der Waals surface area contributed by atoms with Crippen LogP contribution < -0.4 is 10.6 Å². The molecule has 0 saturated carbocycles. The molecular weight excluding hydrogens is 184 g/mol. The molecule has 1 aromatic carbocycles. The fourth-order valence-electron chi connectivity index (χ4n) is 1.71. The molecule has 3 rings (SSSR count). The first-order valence-corrected chi connectivity index (χ1v) is 4.06. The van der Waals surface area contributed by atoms with Crippen molar-refractivity contribution in [2.75, 3.05) is 6.54 Å². The Morgan fingerprint density at radius 2 is 2.15 bits per heavy atom. The number of aromatic nitrogens is 1. The predicted molar refractivity (Wildman–Crippen MR) is 55.7 cm³/mol. The number of fused-ring (bicyclic) bond motifs is 3. The molecule has 1 aromatic heterocycles. The van der Waals surface area contributed by atoms with Crippen molar-refractivity contribution in [1.82, 2.24) is 4.98 Å². The summed E-state index contributed by atoms with van der Waals surface area (Å²) in [5.74, 6) is 0. The van der Waals surface area contributed by atoms with Crippen LogP contribution in [0.4, 0.5) is 0 Å². The van der Waals surface area contributed by atoms with Gasteiger partial charge in [-0.1, -0.05) is 12.1 Å². The monoisotopic (exact) mass is 192 g/mol. The zero-order chi connectivity index (χ0) is 7.97. The molecule has 0 radical (unpaired) electrons. The van der Waals surface area contributed by atoms with Gasteiger partial charge < -0.3 is 4.98 Å². The molecule has 0 atom stereocenters. The van der Waals surface area contributed by atoms with Crippen LogP contribution in [-0.4, -0.2) is 11.5 Å². The number of nitrogens with one attached hydrogen (secondary N) is 1. The smallest absolute Gasteiger partial charge is 0.0741 e. The second kappa shape index (κ2) is 2.89. The van der Waals surface area contributed by atoms with Gasteiger partial charge in [-0.2, -0.15) is 0 Å². The molecule has 0 spiro atoms. The Kier molecular flexibility index (Phi) is 1.85. The van der Waals surface area contributed by atoms with Gasteiger partial charge in [-0.25, -0.2) is 0 Å². The summed E-state index contributed by atoms with van der Waals surface area (Å²) < 4.78 is 0. The van der Waals surface area contributed by atoms with E-state index in [9.17, 15) is 0 Å². The van der Waals surface area contributed by atoms with Gasteiger partial charge in [-0.15, -0.1) is 12.4 Å². The predicted octanol–water partition coefficient (Wildman–Crippen LogP) is 1.00. The third kappa shape index (κ3) is 1.06. The molecule has 2 aromatic rings. The molecule has 2 nitrogen and oxygen atoms in total. The SMILES string of the molecule is C1=c2ccc3[nH]ccc3c2=NC1.Cl. The van der Waals surface area contributed by atoms with Crippen molar-refractivity contribution in [3.8, 4) is 0 Å². The van der Waals surface area contributed by atoms with E-state index in [1.807, 2.05) is 6.20 Å². The van der Waals surface area contributed by atoms with E-state index in [-0.39, 0.29) is 12.4 Å². The molecule has 1 aliphatic heterocycles. The van der Waals surface area contributed by atoms with Crippen LogP contribution in [0.1, 0.15) is 0 Å². The van der Waals surface area contributed by atoms with Crippen LogP contribution in [0.5, 0.6) is 0 Å². The number of hydrogen-bond acceptors (Lipinski definition) is 1. The van der Waals surface area contributed by atoms with Crippen molar-refractivity contribution >= 4 is 29.4 Å². The summed E-state index contributed by atoms with van der Waals surface area (Å²) in [4.78, 5) is 7.60. The number of rotatable bonds is 0. The van der Waals surface area contributed by atoms with Gasteiger partial charge in [0, 0.05) is 17.1 Å². The average Bonchev–Trinajstić information content (AvgIpc) is 2.71. The van der Waals surface area contributed by atoms with Crippen molar-refractivity contribution < 1.29 is 0 Å². The highest BCUT2D eigenvalue weighted by molar-refractivity contribution is 5.85. The van der Waals surface area contributed by atoms with E-state index in [4.69, 9.17) is 0 Å². The zero-order valence-electron chi connectivity index (χ0n) is 6.95. The first-order chi connectivity index (χ1) is 5.95. The Bertz CT molecular complexity index is 554. The molecule has 0 bridgehead atoms. The quantitative estimate of drug-likeness (QED) is 0.646. The Balaban J connectivity index is 0.000000653. The number of H-pyrrole nitrogens is 1. The Hall–Kier alpha value is -1.28. The minimum Gasteiger partial charge on any atom is -0.361 e. The van der Waals surface area contributed by atoms with Crippen molar-refractivity contribution in [2.24, 2.45) is 4.99 Å². The van der Waals surface area contributed by atoms with Crippen LogP contribution in [0.2, 0.25) is 0 Å². The van der Waals surface area contributed by atoms with Crippen LogP contribution in [0.25, 0.3) is 17.0 Å². The van der Waals surface area contributed by atoms with Crippen LogP contribution in [0.3, 0.4) is 0 Å². The highest BCUT2D eigenvalue weighted by Gasteiger charge is 2.00. The fraction of sp³-hybridized carbons (Fsp3) is 0.100.